The first-order valence-electron chi connectivity index (χ1n) is 6.13. The van der Waals surface area contributed by atoms with Gasteiger partial charge in [-0.25, -0.2) is 4.79 Å². The summed E-state index contributed by atoms with van der Waals surface area (Å²) >= 11 is 0. The van der Waals surface area contributed by atoms with E-state index in [4.69, 9.17) is 0 Å². The quantitative estimate of drug-likeness (QED) is 0.846. The molecule has 5 heteroatoms. The molecule has 0 heterocycles. The molecule has 1 amide bonds. The second kappa shape index (κ2) is 6.22. The van der Waals surface area contributed by atoms with Gasteiger partial charge in [-0.1, -0.05) is 13.0 Å². The Morgan fingerprint density at radius 3 is 2.58 bits per heavy atom. The highest BCUT2D eigenvalue weighted by molar-refractivity contribution is 5.94. The maximum atomic E-state index is 11.5. The maximum absolute atomic E-state index is 11.5. The first-order chi connectivity index (χ1) is 8.86. The first kappa shape index (κ1) is 15.0. The molecule has 1 unspecified atom stereocenters. The van der Waals surface area contributed by atoms with Crippen molar-refractivity contribution in [3.05, 3.63) is 29.3 Å². The van der Waals surface area contributed by atoms with Gasteiger partial charge in [0.2, 0.25) is 5.91 Å². The van der Waals surface area contributed by atoms with Crippen molar-refractivity contribution in [3.8, 4) is 0 Å². The molecule has 0 aliphatic heterocycles. The van der Waals surface area contributed by atoms with Gasteiger partial charge in [-0.05, 0) is 24.6 Å². The Bertz CT molecular complexity index is 486. The molecule has 2 N–H and O–H groups in total. The molecule has 0 bridgehead atoms. The number of aryl methyl sites for hydroxylation is 1. The van der Waals surface area contributed by atoms with E-state index < -0.39 is 5.97 Å². The lowest BCUT2D eigenvalue weighted by molar-refractivity contribution is -0.123. The average molecular weight is 264 g/mol. The van der Waals surface area contributed by atoms with Crippen LogP contribution in [-0.2, 0) is 4.79 Å². The minimum atomic E-state index is -0.963. The van der Waals surface area contributed by atoms with Gasteiger partial charge in [-0.3, -0.25) is 4.79 Å². The van der Waals surface area contributed by atoms with Gasteiger partial charge in [0.1, 0.15) is 0 Å². The van der Waals surface area contributed by atoms with Crippen molar-refractivity contribution in [2.24, 2.45) is 5.92 Å². The van der Waals surface area contributed by atoms with Crippen molar-refractivity contribution in [2.75, 3.05) is 25.5 Å². The van der Waals surface area contributed by atoms with Crippen LogP contribution in [0.1, 0.15) is 22.8 Å². The number of rotatable bonds is 5. The van der Waals surface area contributed by atoms with Gasteiger partial charge in [0, 0.05) is 20.6 Å². The zero-order chi connectivity index (χ0) is 14.6. The van der Waals surface area contributed by atoms with Crippen LogP contribution in [-0.4, -0.2) is 37.6 Å². The van der Waals surface area contributed by atoms with Gasteiger partial charge in [0.15, 0.2) is 0 Å². The van der Waals surface area contributed by atoms with Crippen LogP contribution in [0.25, 0.3) is 0 Å². The van der Waals surface area contributed by atoms with Gasteiger partial charge < -0.3 is 15.3 Å². The van der Waals surface area contributed by atoms with E-state index in [1.54, 1.807) is 31.1 Å². The SMILES string of the molecule is CNC(=O)C(C)CN(C)c1cc(C)ccc1C(=O)O. The van der Waals surface area contributed by atoms with Crippen molar-refractivity contribution in [3.63, 3.8) is 0 Å². The van der Waals surface area contributed by atoms with Gasteiger partial charge in [0.05, 0.1) is 17.2 Å². The molecule has 0 saturated heterocycles. The Labute approximate surface area is 113 Å². The molecule has 1 aromatic rings. The van der Waals surface area contributed by atoms with Crippen LogP contribution in [0, 0.1) is 12.8 Å². The molecule has 0 saturated carbocycles. The number of nitrogens with zero attached hydrogens (tertiary/aromatic N) is 1. The molecular formula is C14H20N2O3. The number of aromatic carboxylic acids is 1. The second-order valence-electron chi connectivity index (χ2n) is 4.72. The molecule has 1 atom stereocenters. The van der Waals surface area contributed by atoms with E-state index in [0.29, 0.717) is 12.2 Å². The number of carbonyl (C=O) groups is 2. The van der Waals surface area contributed by atoms with E-state index in [9.17, 15) is 14.7 Å². The van der Waals surface area contributed by atoms with E-state index in [0.717, 1.165) is 5.56 Å². The number of hydrogen-bond acceptors (Lipinski definition) is 3. The molecule has 0 aliphatic carbocycles. The van der Waals surface area contributed by atoms with Crippen molar-refractivity contribution in [1.82, 2.24) is 5.32 Å². The molecule has 0 radical (unpaired) electrons. The minimum Gasteiger partial charge on any atom is -0.478 e. The van der Waals surface area contributed by atoms with Crippen molar-refractivity contribution in [2.45, 2.75) is 13.8 Å². The predicted molar refractivity (Wildman–Crippen MR) is 74.6 cm³/mol. The van der Waals surface area contributed by atoms with Crippen molar-refractivity contribution < 1.29 is 14.7 Å². The number of carboxylic acid groups (broad SMARTS) is 1. The molecule has 0 spiro atoms. The van der Waals surface area contributed by atoms with Crippen LogP contribution in [0.3, 0.4) is 0 Å². The Kier molecular flexibility index (Phi) is 4.92. The van der Waals surface area contributed by atoms with Gasteiger partial charge >= 0.3 is 5.97 Å². The summed E-state index contributed by atoms with van der Waals surface area (Å²) in [5.74, 6) is -1.23. The highest BCUT2D eigenvalue weighted by Gasteiger charge is 2.18. The largest absolute Gasteiger partial charge is 0.478 e. The zero-order valence-electron chi connectivity index (χ0n) is 11.7. The number of nitrogens with one attached hydrogen (secondary N) is 1. The van der Waals surface area contributed by atoms with Gasteiger partial charge in [-0.2, -0.15) is 0 Å². The minimum absolute atomic E-state index is 0.0589. The molecule has 19 heavy (non-hydrogen) atoms. The number of hydrogen-bond donors (Lipinski definition) is 2. The third-order valence-corrected chi connectivity index (χ3v) is 3.04. The molecule has 0 aromatic heterocycles. The maximum Gasteiger partial charge on any atom is 0.337 e. The summed E-state index contributed by atoms with van der Waals surface area (Å²) in [6.07, 6.45) is 0. The Hall–Kier alpha value is -2.04. The van der Waals surface area contributed by atoms with Gasteiger partial charge in [0.25, 0.3) is 0 Å². The highest BCUT2D eigenvalue weighted by Crippen LogP contribution is 2.22. The van der Waals surface area contributed by atoms with E-state index in [1.165, 1.54) is 0 Å². The monoisotopic (exact) mass is 264 g/mol. The fourth-order valence-electron chi connectivity index (χ4n) is 1.98. The number of carboxylic acids is 1. The summed E-state index contributed by atoms with van der Waals surface area (Å²) in [6.45, 7) is 4.18. The van der Waals surface area contributed by atoms with Crippen LogP contribution >= 0.6 is 0 Å². The smallest absolute Gasteiger partial charge is 0.337 e. The standard InChI is InChI=1S/C14H20N2O3/c1-9-5-6-11(14(18)19)12(7-9)16(4)8-10(2)13(17)15-3/h5-7,10H,8H2,1-4H3,(H,15,17)(H,18,19). The summed E-state index contributed by atoms with van der Waals surface area (Å²) in [4.78, 5) is 24.5. The Balaban J connectivity index is 2.98. The lowest BCUT2D eigenvalue weighted by Crippen LogP contribution is -2.34. The topological polar surface area (TPSA) is 69.6 Å². The summed E-state index contributed by atoms with van der Waals surface area (Å²) in [6, 6.07) is 5.18. The van der Waals surface area contributed by atoms with E-state index in [2.05, 4.69) is 5.32 Å². The Morgan fingerprint density at radius 1 is 1.42 bits per heavy atom. The summed E-state index contributed by atoms with van der Waals surface area (Å²) in [5.41, 5.74) is 1.86. The second-order valence-corrected chi connectivity index (χ2v) is 4.72. The molecule has 1 aromatic carbocycles. The molecule has 0 aliphatic rings. The fourth-order valence-corrected chi connectivity index (χ4v) is 1.98. The lowest BCUT2D eigenvalue weighted by Gasteiger charge is -2.24. The number of amides is 1. The number of anilines is 1. The molecular weight excluding hydrogens is 244 g/mol. The van der Waals surface area contributed by atoms with Crippen LogP contribution in [0.15, 0.2) is 18.2 Å². The number of carbonyl (C=O) groups excluding carboxylic acids is 1. The van der Waals surface area contributed by atoms with Crippen LogP contribution in [0.5, 0.6) is 0 Å². The fraction of sp³-hybridized carbons (Fsp3) is 0.429. The molecule has 1 rings (SSSR count). The zero-order valence-corrected chi connectivity index (χ0v) is 11.7. The molecule has 104 valence electrons. The van der Waals surface area contributed by atoms with E-state index in [-0.39, 0.29) is 17.4 Å². The van der Waals surface area contributed by atoms with Crippen LogP contribution < -0.4 is 10.2 Å². The van der Waals surface area contributed by atoms with Crippen molar-refractivity contribution >= 4 is 17.6 Å². The predicted octanol–water partition coefficient (Wildman–Crippen LogP) is 1.51. The van der Waals surface area contributed by atoms with Gasteiger partial charge in [-0.15, -0.1) is 0 Å². The average Bonchev–Trinajstić information content (AvgIpc) is 2.36. The molecule has 5 nitrogen and oxygen atoms in total. The highest BCUT2D eigenvalue weighted by atomic mass is 16.4. The van der Waals surface area contributed by atoms with E-state index >= 15 is 0 Å². The Morgan fingerprint density at radius 2 is 2.05 bits per heavy atom. The van der Waals surface area contributed by atoms with Crippen molar-refractivity contribution in [1.29, 1.82) is 0 Å². The molecule has 0 fully saturated rings. The van der Waals surface area contributed by atoms with E-state index in [1.807, 2.05) is 19.9 Å². The van der Waals surface area contributed by atoms with Crippen LogP contribution in [0.4, 0.5) is 5.69 Å². The third-order valence-electron chi connectivity index (χ3n) is 3.04. The third kappa shape index (κ3) is 3.71. The first-order valence-corrected chi connectivity index (χ1v) is 6.13. The van der Waals surface area contributed by atoms with Crippen LogP contribution in [0.2, 0.25) is 0 Å². The normalized spacial score (nSPS) is 11.8. The summed E-state index contributed by atoms with van der Waals surface area (Å²) < 4.78 is 0. The summed E-state index contributed by atoms with van der Waals surface area (Å²) in [5, 5.41) is 11.8. The number of benzene rings is 1. The summed E-state index contributed by atoms with van der Waals surface area (Å²) in [7, 11) is 3.38. The lowest BCUT2D eigenvalue weighted by atomic mass is 10.1.